The van der Waals surface area contributed by atoms with Crippen molar-refractivity contribution in [1.29, 1.82) is 0 Å². The number of benzene rings is 2. The summed E-state index contributed by atoms with van der Waals surface area (Å²) in [6.07, 6.45) is -1.82. The summed E-state index contributed by atoms with van der Waals surface area (Å²) >= 11 is 0.930. The molecule has 0 aliphatic rings. The van der Waals surface area contributed by atoms with Crippen molar-refractivity contribution in [2.24, 2.45) is 0 Å². The zero-order chi connectivity index (χ0) is 24.3. The third kappa shape index (κ3) is 5.25. The van der Waals surface area contributed by atoms with Gasteiger partial charge in [-0.1, -0.05) is 53.7 Å². The van der Waals surface area contributed by atoms with E-state index in [-0.39, 0.29) is 34.3 Å². The number of carbonyl (C=O) groups is 1. The topological polar surface area (TPSA) is 89.8 Å². The molecule has 0 atom stereocenters. The summed E-state index contributed by atoms with van der Waals surface area (Å²) in [4.78, 5) is 38.1. The van der Waals surface area contributed by atoms with Crippen molar-refractivity contribution in [3.63, 3.8) is 0 Å². The van der Waals surface area contributed by atoms with Gasteiger partial charge in [0.25, 0.3) is 5.56 Å². The number of amides is 1. The van der Waals surface area contributed by atoms with Gasteiger partial charge in [0.05, 0.1) is 23.5 Å². The minimum absolute atomic E-state index is 0.0857. The van der Waals surface area contributed by atoms with Crippen molar-refractivity contribution in [3.05, 3.63) is 88.0 Å². The minimum Gasteiger partial charge on any atom is -0.325 e. The second kappa shape index (κ2) is 9.64. The number of aromatic nitrogens is 4. The molecule has 2 aromatic heterocycles. The molecule has 4 aromatic rings. The summed E-state index contributed by atoms with van der Waals surface area (Å²) in [5.41, 5.74) is 0.398. The van der Waals surface area contributed by atoms with E-state index in [2.05, 4.69) is 20.3 Å². The number of thioether (sulfide) groups is 1. The SMILES string of the molecule is Cc1ccc(Cn2c(SCC(=O)Nc3ccccc3C(F)(F)F)nc3nccnc3c2=O)cc1. The fourth-order valence-electron chi connectivity index (χ4n) is 3.21. The Morgan fingerprint density at radius 3 is 2.50 bits per heavy atom. The third-order valence-electron chi connectivity index (χ3n) is 4.86. The molecule has 0 radical (unpaired) electrons. The van der Waals surface area contributed by atoms with Gasteiger partial charge in [-0.15, -0.1) is 0 Å². The molecular weight excluding hydrogens is 467 g/mol. The van der Waals surface area contributed by atoms with E-state index in [1.807, 2.05) is 31.2 Å². The molecule has 34 heavy (non-hydrogen) atoms. The maximum absolute atomic E-state index is 13.2. The van der Waals surface area contributed by atoms with Crippen LogP contribution in [0.3, 0.4) is 0 Å². The molecule has 0 bridgehead atoms. The van der Waals surface area contributed by atoms with E-state index in [1.165, 1.54) is 35.2 Å². The maximum Gasteiger partial charge on any atom is 0.418 e. The smallest absolute Gasteiger partial charge is 0.325 e. The van der Waals surface area contributed by atoms with Gasteiger partial charge in [-0.3, -0.25) is 14.2 Å². The Balaban J connectivity index is 1.61. The summed E-state index contributed by atoms with van der Waals surface area (Å²) in [6, 6.07) is 12.3. The normalized spacial score (nSPS) is 11.5. The lowest BCUT2D eigenvalue weighted by Crippen LogP contribution is -2.26. The maximum atomic E-state index is 13.2. The number of hydrogen-bond acceptors (Lipinski definition) is 6. The molecule has 174 valence electrons. The van der Waals surface area contributed by atoms with Crippen molar-refractivity contribution in [3.8, 4) is 0 Å². The molecule has 2 aromatic carbocycles. The van der Waals surface area contributed by atoms with Crippen molar-refractivity contribution < 1.29 is 18.0 Å². The van der Waals surface area contributed by atoms with Gasteiger partial charge < -0.3 is 5.32 Å². The van der Waals surface area contributed by atoms with Crippen LogP contribution < -0.4 is 10.9 Å². The molecule has 1 amide bonds. The van der Waals surface area contributed by atoms with Crippen LogP contribution in [0.2, 0.25) is 0 Å². The number of anilines is 1. The zero-order valence-corrected chi connectivity index (χ0v) is 18.7. The number of hydrogen-bond donors (Lipinski definition) is 1. The van der Waals surface area contributed by atoms with Gasteiger partial charge >= 0.3 is 6.18 Å². The molecule has 2 heterocycles. The first-order valence-corrected chi connectivity index (χ1v) is 11.1. The Bertz CT molecular complexity index is 1400. The Kier molecular flexibility index (Phi) is 6.64. The van der Waals surface area contributed by atoms with Crippen LogP contribution in [-0.2, 0) is 17.5 Å². The predicted molar refractivity (Wildman–Crippen MR) is 123 cm³/mol. The first kappa shape index (κ1) is 23.4. The van der Waals surface area contributed by atoms with Gasteiger partial charge in [0.15, 0.2) is 16.3 Å². The van der Waals surface area contributed by atoms with E-state index in [4.69, 9.17) is 0 Å². The number of carbonyl (C=O) groups excluding carboxylic acids is 1. The van der Waals surface area contributed by atoms with Crippen molar-refractivity contribution >= 4 is 34.5 Å². The van der Waals surface area contributed by atoms with Gasteiger partial charge in [0.1, 0.15) is 0 Å². The summed E-state index contributed by atoms with van der Waals surface area (Å²) in [5.74, 6) is -0.935. The molecule has 0 aliphatic carbocycles. The molecule has 11 heteroatoms. The number of fused-ring (bicyclic) bond motifs is 1. The zero-order valence-electron chi connectivity index (χ0n) is 17.8. The second-order valence-corrected chi connectivity index (χ2v) is 8.32. The van der Waals surface area contributed by atoms with Crippen LogP contribution in [-0.4, -0.2) is 31.2 Å². The van der Waals surface area contributed by atoms with Crippen molar-refractivity contribution in [2.45, 2.75) is 24.8 Å². The number of alkyl halides is 3. The first-order valence-electron chi connectivity index (χ1n) is 10.1. The number of nitrogens with zero attached hydrogens (tertiary/aromatic N) is 4. The van der Waals surface area contributed by atoms with Crippen molar-refractivity contribution in [1.82, 2.24) is 19.5 Å². The summed E-state index contributed by atoms with van der Waals surface area (Å²) in [6.45, 7) is 2.12. The Morgan fingerprint density at radius 1 is 1.06 bits per heavy atom. The number of aryl methyl sites for hydroxylation is 1. The van der Waals surface area contributed by atoms with Crippen LogP contribution in [0.5, 0.6) is 0 Å². The molecule has 0 saturated carbocycles. The highest BCUT2D eigenvalue weighted by Crippen LogP contribution is 2.34. The fraction of sp³-hybridized carbons (Fsp3) is 0.174. The van der Waals surface area contributed by atoms with E-state index in [0.29, 0.717) is 0 Å². The predicted octanol–water partition coefficient (Wildman–Crippen LogP) is 4.29. The van der Waals surface area contributed by atoms with E-state index >= 15 is 0 Å². The lowest BCUT2D eigenvalue weighted by Gasteiger charge is -2.14. The van der Waals surface area contributed by atoms with E-state index in [1.54, 1.807) is 0 Å². The number of para-hydroxylation sites is 1. The van der Waals surface area contributed by atoms with E-state index < -0.39 is 23.2 Å². The van der Waals surface area contributed by atoms with Crippen LogP contribution >= 0.6 is 11.8 Å². The Morgan fingerprint density at radius 2 is 1.76 bits per heavy atom. The van der Waals surface area contributed by atoms with Crippen LogP contribution in [0, 0.1) is 6.92 Å². The number of nitrogens with one attached hydrogen (secondary N) is 1. The van der Waals surface area contributed by atoms with Crippen molar-refractivity contribution in [2.75, 3.05) is 11.1 Å². The monoisotopic (exact) mass is 485 g/mol. The molecule has 0 spiro atoms. The summed E-state index contributed by atoms with van der Waals surface area (Å²) in [5, 5.41) is 2.50. The molecule has 7 nitrogen and oxygen atoms in total. The van der Waals surface area contributed by atoms with E-state index in [9.17, 15) is 22.8 Å². The molecule has 0 saturated heterocycles. The molecule has 0 unspecified atom stereocenters. The van der Waals surface area contributed by atoms with E-state index in [0.717, 1.165) is 29.0 Å². The highest BCUT2D eigenvalue weighted by atomic mass is 32.2. The molecule has 1 N–H and O–H groups in total. The van der Waals surface area contributed by atoms with Crippen LogP contribution in [0.4, 0.5) is 18.9 Å². The van der Waals surface area contributed by atoms with Gasteiger partial charge in [-0.05, 0) is 24.6 Å². The number of rotatable bonds is 6. The Hall–Kier alpha value is -3.73. The lowest BCUT2D eigenvalue weighted by molar-refractivity contribution is -0.137. The highest BCUT2D eigenvalue weighted by Gasteiger charge is 2.33. The van der Waals surface area contributed by atoms with Gasteiger partial charge in [-0.2, -0.15) is 13.2 Å². The summed E-state index contributed by atoms with van der Waals surface area (Å²) < 4.78 is 41.0. The van der Waals surface area contributed by atoms with Gasteiger partial charge in [0, 0.05) is 12.4 Å². The largest absolute Gasteiger partial charge is 0.418 e. The molecule has 0 aliphatic heterocycles. The van der Waals surface area contributed by atoms with Gasteiger partial charge in [0.2, 0.25) is 5.91 Å². The second-order valence-electron chi connectivity index (χ2n) is 7.38. The average molecular weight is 485 g/mol. The number of halogens is 3. The fourth-order valence-corrected chi connectivity index (χ4v) is 4.00. The highest BCUT2D eigenvalue weighted by molar-refractivity contribution is 7.99. The first-order chi connectivity index (χ1) is 16.2. The summed E-state index contributed by atoms with van der Waals surface area (Å²) in [7, 11) is 0. The quantitative estimate of drug-likeness (QED) is 0.324. The van der Waals surface area contributed by atoms with Crippen LogP contribution in [0.25, 0.3) is 11.2 Å². The Labute approximate surface area is 196 Å². The van der Waals surface area contributed by atoms with Crippen LogP contribution in [0.1, 0.15) is 16.7 Å². The standard InChI is InChI=1S/C23H18F3N5O2S/c1-14-6-8-15(9-7-14)12-31-21(33)19-20(28-11-10-27-19)30-22(31)34-13-18(32)29-17-5-3-2-4-16(17)23(24,25)26/h2-11H,12-13H2,1H3,(H,29,32). The van der Waals surface area contributed by atoms with Gasteiger partial charge in [-0.25, -0.2) is 15.0 Å². The molecule has 0 fully saturated rings. The average Bonchev–Trinajstić information content (AvgIpc) is 2.81. The third-order valence-corrected chi connectivity index (χ3v) is 5.84. The lowest BCUT2D eigenvalue weighted by atomic mass is 10.1. The minimum atomic E-state index is -4.61. The molecule has 4 rings (SSSR count). The molecular formula is C23H18F3N5O2S. The van der Waals surface area contributed by atoms with Crippen LogP contribution in [0.15, 0.2) is 70.9 Å².